The molecule has 0 bridgehead atoms. The Morgan fingerprint density at radius 2 is 1.70 bits per heavy atom. The summed E-state index contributed by atoms with van der Waals surface area (Å²) in [5.74, 6) is 0.545. The first-order valence-electron chi connectivity index (χ1n) is 14.4. The van der Waals surface area contributed by atoms with Gasteiger partial charge in [-0.1, -0.05) is 30.8 Å². The molecule has 0 aliphatic carbocycles. The maximum Gasteiger partial charge on any atom is 0.318 e. The summed E-state index contributed by atoms with van der Waals surface area (Å²) in [5.41, 5.74) is 2.55. The number of carbonyl (C=O) groups is 1. The van der Waals surface area contributed by atoms with Crippen LogP contribution in [-0.2, 0) is 17.9 Å². The summed E-state index contributed by atoms with van der Waals surface area (Å²) in [7, 11) is 0. The van der Waals surface area contributed by atoms with E-state index in [2.05, 4.69) is 16.4 Å². The van der Waals surface area contributed by atoms with E-state index in [9.17, 15) is 4.79 Å². The Morgan fingerprint density at radius 3 is 2.42 bits per heavy atom. The van der Waals surface area contributed by atoms with Gasteiger partial charge in [-0.25, -0.2) is 4.39 Å². The third kappa shape index (κ3) is 4.36. The molecule has 9 heteroatoms. The van der Waals surface area contributed by atoms with E-state index in [-0.39, 0.29) is 17.3 Å². The zero-order chi connectivity index (χ0) is 27.3. The Hall–Kier alpha value is -3.72. The number of ether oxygens (including phenoxy) is 1. The van der Waals surface area contributed by atoms with Gasteiger partial charge in [-0.15, -0.1) is 0 Å². The topological polar surface area (TPSA) is 65.0 Å². The highest BCUT2D eigenvalue weighted by molar-refractivity contribution is 5.87. The van der Waals surface area contributed by atoms with Crippen molar-refractivity contribution in [1.29, 1.82) is 0 Å². The van der Waals surface area contributed by atoms with Crippen molar-refractivity contribution in [2.75, 3.05) is 55.7 Å². The maximum atomic E-state index is 15.3. The highest BCUT2D eigenvalue weighted by atomic mass is 19.1. The van der Waals surface area contributed by atoms with Crippen LogP contribution >= 0.6 is 0 Å². The van der Waals surface area contributed by atoms with E-state index in [0.29, 0.717) is 57.6 Å². The minimum absolute atomic E-state index is 0.0496. The van der Waals surface area contributed by atoms with Crippen LogP contribution in [-0.4, -0.2) is 77.1 Å². The molecule has 0 N–H and O–H groups in total. The molecule has 0 radical (unpaired) electrons. The van der Waals surface area contributed by atoms with Crippen molar-refractivity contribution in [3.63, 3.8) is 0 Å². The number of fused-ring (bicyclic) bond motifs is 3. The number of carbonyl (C=O) groups excluding carboxylic acids is 1. The fraction of sp³-hybridized carbons (Fsp3) is 0.452. The fourth-order valence-corrected chi connectivity index (χ4v) is 7.08. The van der Waals surface area contributed by atoms with Crippen molar-refractivity contribution in [3.05, 3.63) is 66.1 Å². The molecule has 1 aromatic heterocycles. The van der Waals surface area contributed by atoms with E-state index in [1.54, 1.807) is 6.07 Å². The van der Waals surface area contributed by atoms with Gasteiger partial charge in [0.1, 0.15) is 18.2 Å². The molecule has 0 unspecified atom stereocenters. The van der Waals surface area contributed by atoms with Crippen LogP contribution in [0.2, 0.25) is 0 Å². The number of piperazine rings is 1. The first kappa shape index (κ1) is 25.3. The van der Waals surface area contributed by atoms with Gasteiger partial charge in [-0.05, 0) is 67.8 Å². The van der Waals surface area contributed by atoms with Gasteiger partial charge < -0.3 is 19.4 Å². The van der Waals surface area contributed by atoms with E-state index < -0.39 is 0 Å². The Bertz CT molecular complexity index is 1460. The van der Waals surface area contributed by atoms with Gasteiger partial charge in [0.05, 0.1) is 23.5 Å². The molecular formula is C31H35FN6O2. The smallest absolute Gasteiger partial charge is 0.318 e. The van der Waals surface area contributed by atoms with Gasteiger partial charge >= 0.3 is 6.01 Å². The number of hydrogen-bond donors (Lipinski definition) is 0. The molecule has 4 aliphatic heterocycles. The lowest BCUT2D eigenvalue weighted by atomic mass is 9.95. The van der Waals surface area contributed by atoms with Crippen molar-refractivity contribution >= 4 is 28.2 Å². The van der Waals surface area contributed by atoms with Crippen LogP contribution in [0, 0.1) is 5.82 Å². The molecule has 3 saturated heterocycles. The first-order chi connectivity index (χ1) is 19.5. The minimum atomic E-state index is -0.240. The van der Waals surface area contributed by atoms with E-state index >= 15 is 4.39 Å². The highest BCUT2D eigenvalue weighted by Gasteiger charge is 2.45. The largest absolute Gasteiger partial charge is 0.461 e. The van der Waals surface area contributed by atoms with Crippen molar-refractivity contribution in [2.24, 2.45) is 0 Å². The standard InChI is InChI=1S/C31H35FN6O2/c1-2-28(39)35-13-15-36(16-14-35)29-24-19-37(27-18-23-8-4-3-7-22(23)17-25(27)32)20-26(24)33-30(34-29)40-21-31-9-5-11-38(31)12-6-10-31/h2-4,7-8,17-18H,1,5-6,9-16,19-21H2. The Balaban J connectivity index is 1.19. The van der Waals surface area contributed by atoms with Crippen LogP contribution in [0.3, 0.4) is 0 Å². The van der Waals surface area contributed by atoms with E-state index in [1.165, 1.54) is 18.9 Å². The molecular weight excluding hydrogens is 507 g/mol. The average Bonchev–Trinajstić information content (AvgIpc) is 3.69. The SMILES string of the molecule is C=CC(=O)N1CCN(c2nc(OCC34CCCN3CCC4)nc3c2CN(c2cc4ccccc4cc2F)C3)CC1. The third-order valence-electron chi connectivity index (χ3n) is 9.24. The van der Waals surface area contributed by atoms with Crippen molar-refractivity contribution in [2.45, 2.75) is 44.3 Å². The lowest BCUT2D eigenvalue weighted by Crippen LogP contribution is -2.49. The maximum absolute atomic E-state index is 15.3. The Labute approximate surface area is 234 Å². The van der Waals surface area contributed by atoms with Crippen LogP contribution in [0.25, 0.3) is 10.8 Å². The monoisotopic (exact) mass is 542 g/mol. The number of hydrogen-bond acceptors (Lipinski definition) is 7. The summed E-state index contributed by atoms with van der Waals surface area (Å²) in [5, 5.41) is 1.89. The number of halogens is 1. The van der Waals surface area contributed by atoms with Crippen molar-refractivity contribution in [1.82, 2.24) is 19.8 Å². The van der Waals surface area contributed by atoms with Gasteiger partial charge in [-0.2, -0.15) is 9.97 Å². The van der Waals surface area contributed by atoms with E-state index in [1.807, 2.05) is 40.1 Å². The number of amides is 1. The molecule has 40 heavy (non-hydrogen) atoms. The van der Waals surface area contributed by atoms with E-state index in [0.717, 1.165) is 53.8 Å². The second-order valence-corrected chi connectivity index (χ2v) is 11.5. The first-order valence-corrected chi connectivity index (χ1v) is 14.4. The summed E-state index contributed by atoms with van der Waals surface area (Å²) in [6.07, 6.45) is 6.09. The molecule has 208 valence electrons. The molecule has 0 atom stereocenters. The van der Waals surface area contributed by atoms with Crippen LogP contribution in [0.15, 0.2) is 49.1 Å². The molecule has 0 saturated carbocycles. The summed E-state index contributed by atoms with van der Waals surface area (Å²) in [6.45, 7) is 10.0. The highest BCUT2D eigenvalue weighted by Crippen LogP contribution is 2.40. The Morgan fingerprint density at radius 1 is 0.975 bits per heavy atom. The van der Waals surface area contributed by atoms with Gasteiger partial charge in [0, 0.05) is 38.3 Å². The molecule has 3 aromatic rings. The number of benzene rings is 2. The Kier molecular flexibility index (Phi) is 6.34. The van der Waals surface area contributed by atoms with Crippen LogP contribution in [0.1, 0.15) is 36.9 Å². The molecule has 7 rings (SSSR count). The molecule has 1 amide bonds. The molecule has 4 aliphatic rings. The summed E-state index contributed by atoms with van der Waals surface area (Å²) in [6, 6.07) is 11.8. The van der Waals surface area contributed by atoms with Crippen molar-refractivity contribution in [3.8, 4) is 6.01 Å². The zero-order valence-electron chi connectivity index (χ0n) is 22.8. The number of anilines is 2. The molecule has 3 fully saturated rings. The molecule has 5 heterocycles. The molecule has 8 nitrogen and oxygen atoms in total. The fourth-order valence-electron chi connectivity index (χ4n) is 7.08. The van der Waals surface area contributed by atoms with Gasteiger partial charge in [0.15, 0.2) is 0 Å². The van der Waals surface area contributed by atoms with E-state index in [4.69, 9.17) is 14.7 Å². The lowest BCUT2D eigenvalue weighted by Gasteiger charge is -2.36. The normalized spacial score (nSPS) is 20.2. The van der Waals surface area contributed by atoms with Crippen LogP contribution in [0.4, 0.5) is 15.9 Å². The number of aromatic nitrogens is 2. The predicted octanol–water partition coefficient (Wildman–Crippen LogP) is 4.13. The molecule has 2 aromatic carbocycles. The summed E-state index contributed by atoms with van der Waals surface area (Å²) < 4.78 is 21.7. The van der Waals surface area contributed by atoms with Gasteiger partial charge in [0.25, 0.3) is 0 Å². The minimum Gasteiger partial charge on any atom is -0.461 e. The average molecular weight is 543 g/mol. The quantitative estimate of drug-likeness (QED) is 0.434. The summed E-state index contributed by atoms with van der Waals surface area (Å²) in [4.78, 5) is 30.7. The van der Waals surface area contributed by atoms with Gasteiger partial charge in [-0.3, -0.25) is 9.69 Å². The van der Waals surface area contributed by atoms with Crippen molar-refractivity contribution < 1.29 is 13.9 Å². The second-order valence-electron chi connectivity index (χ2n) is 11.5. The number of nitrogens with zero attached hydrogens (tertiary/aromatic N) is 6. The number of rotatable bonds is 6. The third-order valence-corrected chi connectivity index (χ3v) is 9.24. The summed E-state index contributed by atoms with van der Waals surface area (Å²) >= 11 is 0. The molecule has 0 spiro atoms. The van der Waals surface area contributed by atoms with Crippen LogP contribution < -0.4 is 14.5 Å². The second kappa shape index (κ2) is 10.0. The zero-order valence-corrected chi connectivity index (χ0v) is 22.8. The predicted molar refractivity (Wildman–Crippen MR) is 153 cm³/mol. The van der Waals surface area contributed by atoms with Crippen LogP contribution in [0.5, 0.6) is 6.01 Å². The van der Waals surface area contributed by atoms with Gasteiger partial charge in [0.2, 0.25) is 5.91 Å². The lowest BCUT2D eigenvalue weighted by molar-refractivity contribution is -0.126.